The molecule has 0 rings (SSSR count). The lowest BCUT2D eigenvalue weighted by Gasteiger charge is -2.29. The van der Waals surface area contributed by atoms with E-state index in [0.717, 1.165) is 51.6 Å². The van der Waals surface area contributed by atoms with Gasteiger partial charge in [-0.15, -0.1) is 0 Å². The number of rotatable bonds is 53. The van der Waals surface area contributed by atoms with Crippen LogP contribution in [0.1, 0.15) is 135 Å². The summed E-state index contributed by atoms with van der Waals surface area (Å²) in [6.07, 6.45) is 18.8. The van der Waals surface area contributed by atoms with E-state index >= 15 is 0 Å². The summed E-state index contributed by atoms with van der Waals surface area (Å²) in [4.78, 5) is 82.1. The van der Waals surface area contributed by atoms with Crippen LogP contribution in [0.5, 0.6) is 0 Å². The van der Waals surface area contributed by atoms with Gasteiger partial charge in [0.1, 0.15) is 19.8 Å². The zero-order valence-electron chi connectivity index (χ0n) is 44.0. The maximum atomic E-state index is 12.1. The Morgan fingerprint density at radius 2 is 0.690 bits per heavy atom. The Hall–Kier alpha value is -3.99. The third kappa shape index (κ3) is 52.2. The predicted octanol–water partition coefficient (Wildman–Crippen LogP) is 2.77. The van der Waals surface area contributed by atoms with Crippen molar-refractivity contribution in [3.8, 4) is 0 Å². The van der Waals surface area contributed by atoms with Crippen LogP contribution in [0.2, 0.25) is 0 Å². The second-order valence-electron chi connectivity index (χ2n) is 18.2. The summed E-state index contributed by atoms with van der Waals surface area (Å²) in [5.41, 5.74) is 0. The fourth-order valence-electron chi connectivity index (χ4n) is 6.83. The monoisotopic (exact) mass is 1020 g/mol. The summed E-state index contributed by atoms with van der Waals surface area (Å²) in [5, 5.41) is 25.2. The molecule has 0 saturated carbocycles. The van der Waals surface area contributed by atoms with Gasteiger partial charge in [-0.05, 0) is 25.7 Å². The van der Waals surface area contributed by atoms with Crippen LogP contribution >= 0.6 is 0 Å². The minimum atomic E-state index is -0.699. The van der Waals surface area contributed by atoms with E-state index in [1.54, 1.807) is 7.05 Å². The smallest absolute Gasteiger partial charge is 0.303 e. The maximum absolute atomic E-state index is 12.1. The summed E-state index contributed by atoms with van der Waals surface area (Å²) in [6, 6.07) is 0. The van der Waals surface area contributed by atoms with Crippen LogP contribution in [-0.2, 0) is 62.0 Å². The molecule has 7 N–H and O–H groups in total. The van der Waals surface area contributed by atoms with Crippen molar-refractivity contribution in [2.45, 2.75) is 135 Å². The van der Waals surface area contributed by atoms with E-state index in [1.807, 2.05) is 0 Å². The number of carboxylic acid groups (broad SMARTS) is 1. The molecule has 0 fully saturated rings. The lowest BCUT2D eigenvalue weighted by molar-refractivity contribution is -0.889. The van der Waals surface area contributed by atoms with Gasteiger partial charge >= 0.3 is 5.97 Å². The molecule has 0 radical (unpaired) electrons. The van der Waals surface area contributed by atoms with E-state index in [0.29, 0.717) is 102 Å². The highest BCUT2D eigenvalue weighted by molar-refractivity contribution is 5.78. The van der Waals surface area contributed by atoms with Crippen molar-refractivity contribution >= 4 is 41.4 Å². The first kappa shape index (κ1) is 67.0. The van der Waals surface area contributed by atoms with Crippen molar-refractivity contribution in [1.82, 2.24) is 31.9 Å². The van der Waals surface area contributed by atoms with Crippen LogP contribution in [0.4, 0.5) is 0 Å². The fourth-order valence-corrected chi connectivity index (χ4v) is 6.83. The fraction of sp³-hybridized carbons (Fsp3) is 0.860. The molecule has 0 aromatic carbocycles. The molecule has 21 nitrogen and oxygen atoms in total. The Bertz CT molecular complexity index is 1380. The molecule has 0 unspecified atom stereocenters. The number of ether oxygens (including phenoxy) is 6. The molecule has 0 aliphatic heterocycles. The highest BCUT2D eigenvalue weighted by Crippen LogP contribution is 2.14. The summed E-state index contributed by atoms with van der Waals surface area (Å²) < 4.78 is 33.2. The molecule has 0 aliphatic rings. The molecule has 0 spiro atoms. The van der Waals surface area contributed by atoms with Gasteiger partial charge < -0.3 is 69.9 Å². The molecule has 0 aromatic heterocycles. The van der Waals surface area contributed by atoms with E-state index in [9.17, 15) is 33.6 Å². The molecule has 0 saturated heterocycles. The van der Waals surface area contributed by atoms with Crippen LogP contribution in [0.15, 0.2) is 0 Å². The third-order valence-corrected chi connectivity index (χ3v) is 11.2. The largest absolute Gasteiger partial charge is 0.481 e. The van der Waals surface area contributed by atoms with Crippen molar-refractivity contribution in [3.63, 3.8) is 0 Å². The van der Waals surface area contributed by atoms with Crippen molar-refractivity contribution in [3.05, 3.63) is 0 Å². The summed E-state index contributed by atoms with van der Waals surface area (Å²) in [5.74, 6) is -1.47. The average Bonchev–Trinajstić information content (AvgIpc) is 3.33. The first-order valence-electron chi connectivity index (χ1n) is 26.4. The number of nitrogens with one attached hydrogen (secondary N) is 6. The Balaban J connectivity index is 3.49. The van der Waals surface area contributed by atoms with Crippen LogP contribution in [-0.4, -0.2) is 197 Å². The average molecular weight is 1020 g/mol. The minimum absolute atomic E-state index is 0.0285. The van der Waals surface area contributed by atoms with E-state index in [-0.39, 0.29) is 94.5 Å². The number of quaternary nitrogens is 1. The zero-order valence-corrected chi connectivity index (χ0v) is 44.0. The van der Waals surface area contributed by atoms with E-state index < -0.39 is 5.97 Å². The third-order valence-electron chi connectivity index (χ3n) is 11.2. The SMILES string of the molecule is CNC(=O)CCOCCOCC[N+](C)(C)CCNC(=O)COCCOCCNC(=O)COCCOCCNC(=O)CCCNC(=O)CCCNC(=O)CCCCCCCCCCCCCCCCC(=O)O. The number of hydrogen-bond acceptors (Lipinski definition) is 13. The number of nitrogens with zero attached hydrogens (tertiary/aromatic N) is 1. The Morgan fingerprint density at radius 1 is 0.338 bits per heavy atom. The Labute approximate surface area is 424 Å². The van der Waals surface area contributed by atoms with Gasteiger partial charge in [0.05, 0.1) is 93.3 Å². The Kier molecular flexibility index (Phi) is 46.8. The second kappa shape index (κ2) is 49.6. The second-order valence-corrected chi connectivity index (χ2v) is 18.2. The van der Waals surface area contributed by atoms with Gasteiger partial charge in [0.15, 0.2) is 0 Å². The van der Waals surface area contributed by atoms with E-state index in [4.69, 9.17) is 33.5 Å². The quantitative estimate of drug-likeness (QED) is 0.0342. The molecule has 21 heteroatoms. The van der Waals surface area contributed by atoms with Crippen LogP contribution < -0.4 is 31.9 Å². The van der Waals surface area contributed by atoms with Gasteiger partial charge in [0, 0.05) is 65.3 Å². The minimum Gasteiger partial charge on any atom is -0.481 e. The Morgan fingerprint density at radius 3 is 1.14 bits per heavy atom. The molecule has 0 aromatic rings. The summed E-state index contributed by atoms with van der Waals surface area (Å²) >= 11 is 0. The molecule has 0 bridgehead atoms. The van der Waals surface area contributed by atoms with Gasteiger partial charge in [0.25, 0.3) is 0 Å². The molecule has 6 amide bonds. The van der Waals surface area contributed by atoms with Crippen LogP contribution in [0.25, 0.3) is 0 Å². The van der Waals surface area contributed by atoms with Crippen molar-refractivity contribution in [2.24, 2.45) is 0 Å². The highest BCUT2D eigenvalue weighted by atomic mass is 16.5. The van der Waals surface area contributed by atoms with Gasteiger partial charge in [-0.1, -0.05) is 77.0 Å². The van der Waals surface area contributed by atoms with Crippen LogP contribution in [0.3, 0.4) is 0 Å². The van der Waals surface area contributed by atoms with Gasteiger partial charge in [-0.25, -0.2) is 0 Å². The molecule has 0 heterocycles. The lowest BCUT2D eigenvalue weighted by atomic mass is 10.0. The first-order valence-corrected chi connectivity index (χ1v) is 26.4. The normalized spacial score (nSPS) is 11.3. The molecule has 0 atom stereocenters. The number of carboxylic acids is 1. The number of aliphatic carboxylic acids is 1. The number of hydrogen-bond donors (Lipinski definition) is 7. The number of carbonyl (C=O) groups excluding carboxylic acids is 6. The summed E-state index contributed by atoms with van der Waals surface area (Å²) in [6.45, 7) is 6.64. The topological polar surface area (TPSA) is 267 Å². The standard InChI is InChI=1S/C50H95N7O14/c1-51-44(58)24-32-66-36-37-69-35-31-57(2,3)30-27-54-48(62)42-70-40-39-68-34-29-56-49(63)43-71-41-38-67-33-28-55-47(61)22-19-26-53-46(60)21-18-25-52-45(59)20-16-14-12-10-8-6-4-5-7-9-11-13-15-17-23-50(64)65/h4-43H2,1-3H3,(H6-,51,52,53,54,55,56,58,59,60,61,62,63,64,65)/p+1. The van der Waals surface area contributed by atoms with E-state index in [2.05, 4.69) is 46.0 Å². The van der Waals surface area contributed by atoms with Crippen LogP contribution in [0, 0.1) is 0 Å². The molecule has 71 heavy (non-hydrogen) atoms. The number of carbonyl (C=O) groups is 7. The van der Waals surface area contributed by atoms with Crippen molar-refractivity contribution in [1.29, 1.82) is 0 Å². The number of likely N-dealkylation sites (N-methyl/N-ethyl adjacent to an activating group) is 1. The molecule has 0 aliphatic carbocycles. The first-order chi connectivity index (χ1) is 34.3. The predicted molar refractivity (Wildman–Crippen MR) is 270 cm³/mol. The molecular weight excluding hydrogens is 923 g/mol. The molecule has 414 valence electrons. The van der Waals surface area contributed by atoms with Gasteiger partial charge in [-0.2, -0.15) is 0 Å². The van der Waals surface area contributed by atoms with E-state index in [1.165, 1.54) is 51.4 Å². The zero-order chi connectivity index (χ0) is 52.3. The van der Waals surface area contributed by atoms with Gasteiger partial charge in [0.2, 0.25) is 35.4 Å². The maximum Gasteiger partial charge on any atom is 0.303 e. The number of unbranched alkanes of at least 4 members (excludes halogenated alkanes) is 13. The van der Waals surface area contributed by atoms with Crippen molar-refractivity contribution < 1.29 is 71.6 Å². The highest BCUT2D eigenvalue weighted by Gasteiger charge is 2.15. The van der Waals surface area contributed by atoms with Crippen molar-refractivity contribution in [2.75, 3.05) is 146 Å². The van der Waals surface area contributed by atoms with Gasteiger partial charge in [-0.3, -0.25) is 33.6 Å². The number of amides is 6. The lowest BCUT2D eigenvalue weighted by Crippen LogP contribution is -2.47. The molecular formula is C50H96N7O14+. The summed E-state index contributed by atoms with van der Waals surface area (Å²) in [7, 11) is 5.71.